The average Bonchev–Trinajstić information content (AvgIpc) is 3.02. The van der Waals surface area contributed by atoms with Crippen LogP contribution in [0.3, 0.4) is 0 Å². The molecule has 0 amide bonds. The van der Waals surface area contributed by atoms with Crippen LogP contribution in [0.4, 0.5) is 0 Å². The summed E-state index contributed by atoms with van der Waals surface area (Å²) in [4.78, 5) is 24.1. The summed E-state index contributed by atoms with van der Waals surface area (Å²) in [6.45, 7) is 6.10. The second-order valence-electron chi connectivity index (χ2n) is 7.77. The summed E-state index contributed by atoms with van der Waals surface area (Å²) in [6.07, 6.45) is 3.18. The van der Waals surface area contributed by atoms with Crippen LogP contribution >= 0.6 is 0 Å². The van der Waals surface area contributed by atoms with E-state index in [0.717, 1.165) is 22.2 Å². The lowest BCUT2D eigenvalue weighted by Crippen LogP contribution is -2.22. The minimum atomic E-state index is -0.548. The lowest BCUT2D eigenvalue weighted by Gasteiger charge is -2.18. The van der Waals surface area contributed by atoms with Gasteiger partial charge in [0, 0.05) is 29.2 Å². The van der Waals surface area contributed by atoms with E-state index in [4.69, 9.17) is 9.47 Å². The molecule has 3 aromatic rings. The van der Waals surface area contributed by atoms with Gasteiger partial charge in [-0.1, -0.05) is 36.4 Å². The second kappa shape index (κ2) is 8.35. The van der Waals surface area contributed by atoms with Crippen molar-refractivity contribution >= 4 is 28.9 Å². The number of carbonyl (C=O) groups is 2. The first kappa shape index (κ1) is 20.4. The largest absolute Gasteiger partial charge is 0.465 e. The van der Waals surface area contributed by atoms with E-state index in [1.54, 1.807) is 12.1 Å². The fraction of sp³-hybridized carbons (Fsp3) is 0.250. The molecule has 0 bridgehead atoms. The predicted molar refractivity (Wildman–Crippen MR) is 114 cm³/mol. The maximum Gasteiger partial charge on any atom is 0.337 e. The molecule has 0 atom stereocenters. The van der Waals surface area contributed by atoms with E-state index in [1.165, 1.54) is 13.2 Å². The maximum atomic E-state index is 12.1. The van der Waals surface area contributed by atoms with E-state index >= 15 is 0 Å². The van der Waals surface area contributed by atoms with E-state index in [9.17, 15) is 9.59 Å². The summed E-state index contributed by atoms with van der Waals surface area (Å²) in [5, 5.41) is 0.970. The van der Waals surface area contributed by atoms with Gasteiger partial charge in [0.05, 0.1) is 12.7 Å². The fourth-order valence-electron chi connectivity index (χ4n) is 3.09. The lowest BCUT2D eigenvalue weighted by molar-refractivity contribution is -0.148. The first-order valence-electron chi connectivity index (χ1n) is 9.43. The smallest absolute Gasteiger partial charge is 0.337 e. The Bertz CT molecular complexity index is 1060. The van der Waals surface area contributed by atoms with E-state index in [1.807, 2.05) is 69.3 Å². The van der Waals surface area contributed by atoms with Crippen LogP contribution in [-0.2, 0) is 20.8 Å². The molecule has 150 valence electrons. The highest BCUT2D eigenvalue weighted by Gasteiger charge is 2.15. The number of hydrogen-bond donors (Lipinski definition) is 0. The molecule has 5 nitrogen and oxygen atoms in total. The van der Waals surface area contributed by atoms with Crippen molar-refractivity contribution in [2.45, 2.75) is 32.9 Å². The Morgan fingerprint density at radius 3 is 2.41 bits per heavy atom. The first-order valence-corrected chi connectivity index (χ1v) is 9.43. The topological polar surface area (TPSA) is 57.5 Å². The number of hydrogen-bond acceptors (Lipinski definition) is 4. The van der Waals surface area contributed by atoms with Crippen LogP contribution in [0.1, 0.15) is 42.4 Å². The molecular formula is C24H25NO4. The fourth-order valence-corrected chi connectivity index (χ4v) is 3.09. The number of ether oxygens (including phenoxy) is 2. The molecular weight excluding hydrogens is 366 g/mol. The zero-order chi connectivity index (χ0) is 21.0. The molecule has 0 aliphatic heterocycles. The molecule has 0 saturated heterocycles. The molecule has 0 N–H and O–H groups in total. The quantitative estimate of drug-likeness (QED) is 0.462. The van der Waals surface area contributed by atoms with Crippen LogP contribution in [-0.4, -0.2) is 29.2 Å². The van der Waals surface area contributed by atoms with Crippen molar-refractivity contribution in [1.29, 1.82) is 0 Å². The number of benzene rings is 2. The van der Waals surface area contributed by atoms with Crippen LogP contribution in [0.25, 0.3) is 17.0 Å². The minimum Gasteiger partial charge on any atom is -0.465 e. The van der Waals surface area contributed by atoms with Gasteiger partial charge in [0.15, 0.2) is 0 Å². The monoisotopic (exact) mass is 391 g/mol. The Morgan fingerprint density at radius 1 is 1.03 bits per heavy atom. The Morgan fingerprint density at radius 2 is 1.76 bits per heavy atom. The molecule has 2 aromatic carbocycles. The van der Waals surface area contributed by atoms with Crippen molar-refractivity contribution in [3.63, 3.8) is 0 Å². The molecule has 0 fully saturated rings. The van der Waals surface area contributed by atoms with Gasteiger partial charge >= 0.3 is 11.9 Å². The van der Waals surface area contributed by atoms with Crippen molar-refractivity contribution < 1.29 is 19.1 Å². The van der Waals surface area contributed by atoms with E-state index < -0.39 is 11.6 Å². The molecule has 5 heteroatoms. The van der Waals surface area contributed by atoms with Gasteiger partial charge in [-0.2, -0.15) is 0 Å². The highest BCUT2D eigenvalue weighted by atomic mass is 16.6. The first-order chi connectivity index (χ1) is 13.8. The molecule has 29 heavy (non-hydrogen) atoms. The van der Waals surface area contributed by atoms with Crippen molar-refractivity contribution in [3.8, 4) is 0 Å². The number of aromatic nitrogens is 1. The molecule has 0 aliphatic rings. The molecule has 1 heterocycles. The number of fused-ring (bicyclic) bond motifs is 1. The molecule has 3 rings (SSSR count). The van der Waals surface area contributed by atoms with Gasteiger partial charge in [-0.25, -0.2) is 9.59 Å². The number of esters is 2. The summed E-state index contributed by atoms with van der Waals surface area (Å²) < 4.78 is 12.3. The van der Waals surface area contributed by atoms with Crippen LogP contribution < -0.4 is 0 Å². The Balaban J connectivity index is 2.04. The lowest BCUT2D eigenvalue weighted by atomic mass is 10.1. The van der Waals surface area contributed by atoms with E-state index in [-0.39, 0.29) is 5.97 Å². The third kappa shape index (κ3) is 5.13. The van der Waals surface area contributed by atoms with E-state index in [2.05, 4.69) is 4.57 Å². The highest BCUT2D eigenvalue weighted by molar-refractivity contribution is 5.96. The van der Waals surface area contributed by atoms with Crippen molar-refractivity contribution in [1.82, 2.24) is 4.57 Å². The van der Waals surface area contributed by atoms with Crippen LogP contribution in [0.5, 0.6) is 0 Å². The van der Waals surface area contributed by atoms with Gasteiger partial charge in [0.2, 0.25) is 0 Å². The summed E-state index contributed by atoms with van der Waals surface area (Å²) in [5.74, 6) is -0.783. The van der Waals surface area contributed by atoms with Crippen LogP contribution in [0.2, 0.25) is 0 Å². The van der Waals surface area contributed by atoms with Gasteiger partial charge in [-0.15, -0.1) is 0 Å². The number of methoxy groups -OCH3 is 1. The third-order valence-corrected chi connectivity index (χ3v) is 4.34. The molecule has 0 radical (unpaired) electrons. The normalized spacial score (nSPS) is 11.7. The number of nitrogens with zero attached hydrogens (tertiary/aromatic N) is 1. The van der Waals surface area contributed by atoms with Gasteiger partial charge in [-0.05, 0) is 50.6 Å². The summed E-state index contributed by atoms with van der Waals surface area (Å²) in [6, 6.07) is 17.4. The maximum absolute atomic E-state index is 12.1. The molecule has 0 unspecified atom stereocenters. The van der Waals surface area contributed by atoms with Gasteiger partial charge in [0.1, 0.15) is 5.60 Å². The predicted octanol–water partition coefficient (Wildman–Crippen LogP) is 4.83. The molecule has 1 aromatic heterocycles. The molecule has 0 aliphatic carbocycles. The summed E-state index contributed by atoms with van der Waals surface area (Å²) in [5.41, 5.74) is 2.78. The zero-order valence-corrected chi connectivity index (χ0v) is 17.1. The van der Waals surface area contributed by atoms with Crippen molar-refractivity contribution in [2.75, 3.05) is 7.11 Å². The van der Waals surface area contributed by atoms with Crippen LogP contribution in [0.15, 0.2) is 60.7 Å². The Kier molecular flexibility index (Phi) is 5.87. The van der Waals surface area contributed by atoms with Crippen molar-refractivity contribution in [2.24, 2.45) is 0 Å². The third-order valence-electron chi connectivity index (χ3n) is 4.34. The molecule has 0 spiro atoms. The average molecular weight is 391 g/mol. The summed E-state index contributed by atoms with van der Waals surface area (Å²) in [7, 11) is 1.37. The Labute approximate surface area is 170 Å². The van der Waals surface area contributed by atoms with Gasteiger partial charge in [-0.3, -0.25) is 0 Å². The zero-order valence-electron chi connectivity index (χ0n) is 17.1. The summed E-state index contributed by atoms with van der Waals surface area (Å²) >= 11 is 0. The number of carbonyl (C=O) groups excluding carboxylic acids is 2. The number of rotatable bonds is 5. The molecule has 0 saturated carbocycles. The van der Waals surface area contributed by atoms with Gasteiger partial charge < -0.3 is 14.0 Å². The minimum absolute atomic E-state index is 0.384. The highest BCUT2D eigenvalue weighted by Crippen LogP contribution is 2.24. The SMILES string of the molecule is COC(=O)c1ccc2cc(/C=C/C(=O)OC(C)(C)C)n(Cc3ccccc3)c2c1. The van der Waals surface area contributed by atoms with Crippen molar-refractivity contribution in [3.05, 3.63) is 77.5 Å². The van der Waals surface area contributed by atoms with Crippen LogP contribution in [0, 0.1) is 0 Å². The second-order valence-corrected chi connectivity index (χ2v) is 7.77. The Hall–Kier alpha value is -3.34. The van der Waals surface area contributed by atoms with E-state index in [0.29, 0.717) is 12.1 Å². The van der Waals surface area contributed by atoms with Gasteiger partial charge in [0.25, 0.3) is 0 Å². The standard InChI is InChI=1S/C24H25NO4/c1-24(2,3)29-22(26)13-12-20-14-18-10-11-19(23(27)28-4)15-21(18)25(20)16-17-8-6-5-7-9-17/h5-15H,16H2,1-4H3/b13-12+.